The minimum absolute atomic E-state index is 0.150. The van der Waals surface area contributed by atoms with Crippen molar-refractivity contribution in [1.82, 2.24) is 14.9 Å². The second-order valence-corrected chi connectivity index (χ2v) is 8.37. The molecule has 3 amide bonds. The first-order chi connectivity index (χ1) is 15.6. The smallest absolute Gasteiger partial charge is 0.352 e. The van der Waals surface area contributed by atoms with E-state index in [1.165, 1.54) is 23.2 Å². The Bertz CT molecular complexity index is 1300. The molecule has 5 rings (SSSR count). The van der Waals surface area contributed by atoms with Crippen molar-refractivity contribution < 1.29 is 22.8 Å². The molecule has 33 heavy (non-hydrogen) atoms. The molecule has 0 bridgehead atoms. The Morgan fingerprint density at radius 1 is 1.09 bits per heavy atom. The zero-order valence-electron chi connectivity index (χ0n) is 17.3. The van der Waals surface area contributed by atoms with Crippen molar-refractivity contribution in [2.45, 2.75) is 19.1 Å². The first-order valence-corrected chi connectivity index (χ1v) is 10.5. The van der Waals surface area contributed by atoms with Crippen LogP contribution in [-0.2, 0) is 11.0 Å². The molecule has 2 saturated heterocycles. The van der Waals surface area contributed by atoms with Crippen molar-refractivity contribution in [3.8, 4) is 0 Å². The van der Waals surface area contributed by atoms with Gasteiger partial charge < -0.3 is 9.80 Å². The topological polar surface area (TPSA) is 69.6 Å². The minimum atomic E-state index is -4.56. The Hall–Kier alpha value is -3.40. The number of fused-ring (bicyclic) bond motifs is 2. The molecular formula is C22H17ClF3N5O2. The molecule has 2 fully saturated rings. The quantitative estimate of drug-likeness (QED) is 0.518. The maximum Gasteiger partial charge on any atom is 0.433 e. The molecule has 0 aliphatic carbocycles. The summed E-state index contributed by atoms with van der Waals surface area (Å²) in [6.45, 7) is 2.60. The molecule has 2 aliphatic heterocycles. The van der Waals surface area contributed by atoms with Crippen LogP contribution in [0.2, 0.25) is 5.02 Å². The number of urea groups is 1. The van der Waals surface area contributed by atoms with E-state index in [9.17, 15) is 22.8 Å². The number of aryl methyl sites for hydroxylation is 1. The van der Waals surface area contributed by atoms with Crippen LogP contribution in [0, 0.1) is 6.92 Å². The summed E-state index contributed by atoms with van der Waals surface area (Å²) in [5, 5.41) is 0.732. The Morgan fingerprint density at radius 2 is 1.88 bits per heavy atom. The molecule has 1 aromatic carbocycles. The number of carbonyl (C=O) groups is 2. The van der Waals surface area contributed by atoms with E-state index in [1.54, 1.807) is 23.1 Å². The highest BCUT2D eigenvalue weighted by molar-refractivity contribution is 6.36. The number of piperazine rings is 1. The first kappa shape index (κ1) is 21.4. The maximum absolute atomic E-state index is 13.2. The molecule has 170 valence electrons. The van der Waals surface area contributed by atoms with Crippen LogP contribution in [0.25, 0.3) is 10.9 Å². The third-order valence-corrected chi connectivity index (χ3v) is 6.17. The second-order valence-electron chi connectivity index (χ2n) is 7.96. The van der Waals surface area contributed by atoms with Crippen LogP contribution < -0.4 is 9.80 Å². The molecule has 2 aromatic heterocycles. The van der Waals surface area contributed by atoms with Gasteiger partial charge in [-0.3, -0.25) is 4.79 Å². The fraction of sp³-hybridized carbons (Fsp3) is 0.273. The summed E-state index contributed by atoms with van der Waals surface area (Å²) < 4.78 is 39.2. The number of benzene rings is 1. The molecule has 0 N–H and O–H groups in total. The van der Waals surface area contributed by atoms with E-state index in [1.807, 2.05) is 6.92 Å². The molecule has 2 aliphatic rings. The lowest BCUT2D eigenvalue weighted by atomic mass is 10.1. The number of aromatic nitrogens is 2. The van der Waals surface area contributed by atoms with Crippen LogP contribution in [0.5, 0.6) is 0 Å². The third kappa shape index (κ3) is 3.54. The number of hydrogen-bond acceptors (Lipinski definition) is 5. The van der Waals surface area contributed by atoms with Gasteiger partial charge in [-0.2, -0.15) is 13.2 Å². The summed E-state index contributed by atoms with van der Waals surface area (Å²) in [5.41, 5.74) is 0.352. The Labute approximate surface area is 191 Å². The van der Waals surface area contributed by atoms with Crippen LogP contribution in [0.3, 0.4) is 0 Å². The van der Waals surface area contributed by atoms with E-state index in [4.69, 9.17) is 11.6 Å². The molecule has 1 unspecified atom stereocenters. The summed E-state index contributed by atoms with van der Waals surface area (Å²) in [6, 6.07) is 7.56. The average Bonchev–Trinajstić information content (AvgIpc) is 3.03. The molecular weight excluding hydrogens is 459 g/mol. The minimum Gasteiger partial charge on any atom is -0.352 e. The lowest BCUT2D eigenvalue weighted by Gasteiger charge is -2.36. The van der Waals surface area contributed by atoms with Gasteiger partial charge in [-0.15, -0.1) is 0 Å². The average molecular weight is 476 g/mol. The van der Waals surface area contributed by atoms with Gasteiger partial charge in [-0.1, -0.05) is 17.7 Å². The number of alkyl halides is 3. The molecule has 11 heteroatoms. The largest absolute Gasteiger partial charge is 0.433 e. The van der Waals surface area contributed by atoms with Crippen LogP contribution in [0.15, 0.2) is 42.6 Å². The van der Waals surface area contributed by atoms with Gasteiger partial charge in [0.05, 0.1) is 16.2 Å². The summed E-state index contributed by atoms with van der Waals surface area (Å²) in [6.07, 6.45) is -3.17. The van der Waals surface area contributed by atoms with Crippen molar-refractivity contribution in [3.63, 3.8) is 0 Å². The third-order valence-electron chi connectivity index (χ3n) is 5.85. The van der Waals surface area contributed by atoms with Gasteiger partial charge >= 0.3 is 12.2 Å². The lowest BCUT2D eigenvalue weighted by molar-refractivity contribution is -0.141. The highest BCUT2D eigenvalue weighted by atomic mass is 35.5. The van der Waals surface area contributed by atoms with Crippen molar-refractivity contribution in [2.24, 2.45) is 0 Å². The Kier molecular flexibility index (Phi) is 4.93. The van der Waals surface area contributed by atoms with Gasteiger partial charge in [0.2, 0.25) is 0 Å². The Morgan fingerprint density at radius 3 is 2.64 bits per heavy atom. The standard InChI is InChI=1S/C22H17ClF3N5O2/c1-12-2-4-14(23)16(10-12)31-20(32)17-11-29(8-9-30(17)21(31)33)19-13-3-5-18(22(24,25)26)28-15(13)6-7-27-19/h2-7,10,17H,8-9,11H2,1H3. The fourth-order valence-electron chi connectivity index (χ4n) is 4.25. The predicted molar refractivity (Wildman–Crippen MR) is 116 cm³/mol. The van der Waals surface area contributed by atoms with E-state index >= 15 is 0 Å². The van der Waals surface area contributed by atoms with E-state index in [0.29, 0.717) is 28.5 Å². The number of carbonyl (C=O) groups excluding carboxylic acids is 2. The number of hydrogen-bond donors (Lipinski definition) is 0. The molecule has 4 heterocycles. The second kappa shape index (κ2) is 7.58. The van der Waals surface area contributed by atoms with Crippen molar-refractivity contribution in [1.29, 1.82) is 0 Å². The zero-order chi connectivity index (χ0) is 23.5. The van der Waals surface area contributed by atoms with Gasteiger partial charge in [-0.25, -0.2) is 19.7 Å². The number of imide groups is 1. The van der Waals surface area contributed by atoms with Gasteiger partial charge in [0, 0.05) is 31.2 Å². The van der Waals surface area contributed by atoms with Gasteiger partial charge in [0.15, 0.2) is 0 Å². The van der Waals surface area contributed by atoms with Crippen molar-refractivity contribution in [3.05, 3.63) is 58.9 Å². The SMILES string of the molecule is Cc1ccc(Cl)c(N2C(=O)C3CN(c4nccc5nc(C(F)(F)F)ccc45)CCN3C2=O)c1. The van der Waals surface area contributed by atoms with Crippen LogP contribution in [0.1, 0.15) is 11.3 Å². The normalized spacial score (nSPS) is 18.9. The first-order valence-electron chi connectivity index (χ1n) is 10.1. The fourth-order valence-corrected chi connectivity index (χ4v) is 4.45. The van der Waals surface area contributed by atoms with Crippen LogP contribution >= 0.6 is 11.6 Å². The summed E-state index contributed by atoms with van der Waals surface area (Å²) in [7, 11) is 0. The number of amides is 3. The van der Waals surface area contributed by atoms with Crippen molar-refractivity contribution >= 4 is 45.9 Å². The van der Waals surface area contributed by atoms with Crippen molar-refractivity contribution in [2.75, 3.05) is 29.4 Å². The monoisotopic (exact) mass is 475 g/mol. The van der Waals surface area contributed by atoms with Gasteiger partial charge in [0.25, 0.3) is 5.91 Å². The molecule has 0 spiro atoms. The molecule has 0 radical (unpaired) electrons. The number of anilines is 2. The maximum atomic E-state index is 13.2. The van der Waals surface area contributed by atoms with E-state index in [-0.39, 0.29) is 18.6 Å². The lowest BCUT2D eigenvalue weighted by Crippen LogP contribution is -2.53. The van der Waals surface area contributed by atoms with Gasteiger partial charge in [-0.05, 0) is 42.8 Å². The highest BCUT2D eigenvalue weighted by Crippen LogP contribution is 2.35. The summed E-state index contributed by atoms with van der Waals surface area (Å²) >= 11 is 6.27. The zero-order valence-corrected chi connectivity index (χ0v) is 18.1. The van der Waals surface area contributed by atoms with Gasteiger partial charge in [0.1, 0.15) is 17.6 Å². The molecule has 0 saturated carbocycles. The van der Waals surface area contributed by atoms with E-state index in [2.05, 4.69) is 9.97 Å². The molecule has 3 aromatic rings. The number of nitrogens with zero attached hydrogens (tertiary/aromatic N) is 5. The summed E-state index contributed by atoms with van der Waals surface area (Å²) in [5.74, 6) is 0.00980. The number of pyridine rings is 2. The Balaban J connectivity index is 1.47. The summed E-state index contributed by atoms with van der Waals surface area (Å²) in [4.78, 5) is 38.7. The van der Waals surface area contributed by atoms with Crippen LogP contribution in [0.4, 0.5) is 29.5 Å². The highest BCUT2D eigenvalue weighted by Gasteiger charge is 2.49. The predicted octanol–water partition coefficient (Wildman–Crippen LogP) is 4.27. The molecule has 7 nitrogen and oxygen atoms in total. The molecule has 1 atom stereocenters. The van der Waals surface area contributed by atoms with Crippen LogP contribution in [-0.4, -0.2) is 52.5 Å². The number of rotatable bonds is 2. The van der Waals surface area contributed by atoms with E-state index < -0.39 is 29.9 Å². The van der Waals surface area contributed by atoms with E-state index in [0.717, 1.165) is 16.5 Å². The number of halogens is 4.